The fraction of sp³-hybridized carbons (Fsp3) is 0.182. The molecule has 0 saturated heterocycles. The number of aryl methyl sites for hydroxylation is 2. The van der Waals surface area contributed by atoms with E-state index in [1.807, 2.05) is 63.2 Å². The largest absolute Gasteiger partial charge is 0.503 e. The van der Waals surface area contributed by atoms with E-state index in [1.54, 1.807) is 30.4 Å². The fourth-order valence-corrected chi connectivity index (χ4v) is 6.06. The van der Waals surface area contributed by atoms with Gasteiger partial charge >= 0.3 is 0 Å². The number of rotatable bonds is 10. The van der Waals surface area contributed by atoms with Gasteiger partial charge in [0.2, 0.25) is 0 Å². The number of fused-ring (bicyclic) bond motifs is 1. The number of ketones is 1. The summed E-state index contributed by atoms with van der Waals surface area (Å²) in [5.74, 6) is -0.819. The lowest BCUT2D eigenvalue weighted by Crippen LogP contribution is -2.30. The molecule has 1 aromatic heterocycles. The second-order valence-electron chi connectivity index (χ2n) is 9.61. The van der Waals surface area contributed by atoms with Crippen LogP contribution in [0.3, 0.4) is 0 Å². The quantitative estimate of drug-likeness (QED) is 0.163. The molecule has 0 aliphatic carbocycles. The molecular formula is C33H30N2O5S. The number of aromatic nitrogens is 1. The molecule has 7 nitrogen and oxygen atoms in total. The molecule has 2 heterocycles. The van der Waals surface area contributed by atoms with Crippen LogP contribution >= 0.6 is 11.3 Å². The predicted molar refractivity (Wildman–Crippen MR) is 163 cm³/mol. The third-order valence-corrected chi connectivity index (χ3v) is 7.67. The molecule has 1 aliphatic heterocycles. The van der Waals surface area contributed by atoms with Gasteiger partial charge in [-0.25, -0.2) is 4.98 Å². The highest BCUT2D eigenvalue weighted by molar-refractivity contribution is 7.22. The summed E-state index contributed by atoms with van der Waals surface area (Å²) < 4.78 is 12.5. The molecule has 1 aliphatic rings. The van der Waals surface area contributed by atoms with Crippen molar-refractivity contribution in [1.82, 2.24) is 4.98 Å². The molecule has 0 saturated carbocycles. The second-order valence-corrected chi connectivity index (χ2v) is 10.6. The van der Waals surface area contributed by atoms with Crippen molar-refractivity contribution >= 4 is 44.5 Å². The van der Waals surface area contributed by atoms with E-state index < -0.39 is 23.5 Å². The van der Waals surface area contributed by atoms with Crippen molar-refractivity contribution in [2.45, 2.75) is 26.8 Å². The van der Waals surface area contributed by atoms with Crippen LogP contribution in [0.25, 0.3) is 16.3 Å². The van der Waals surface area contributed by atoms with E-state index in [-0.39, 0.29) is 12.2 Å². The molecule has 208 valence electrons. The van der Waals surface area contributed by atoms with Gasteiger partial charge in [0, 0.05) is 0 Å². The van der Waals surface area contributed by atoms with Crippen molar-refractivity contribution in [2.24, 2.45) is 0 Å². The van der Waals surface area contributed by atoms with Gasteiger partial charge in [0.15, 0.2) is 28.2 Å². The van der Waals surface area contributed by atoms with Crippen molar-refractivity contribution in [3.05, 3.63) is 113 Å². The Kier molecular flexibility index (Phi) is 8.03. The van der Waals surface area contributed by atoms with E-state index in [9.17, 15) is 14.7 Å². The van der Waals surface area contributed by atoms with E-state index in [2.05, 4.69) is 6.58 Å². The van der Waals surface area contributed by atoms with Gasteiger partial charge < -0.3 is 14.6 Å². The normalized spacial score (nSPS) is 15.2. The van der Waals surface area contributed by atoms with E-state index in [1.165, 1.54) is 22.3 Å². The van der Waals surface area contributed by atoms with Crippen LogP contribution in [0.5, 0.6) is 11.5 Å². The molecule has 8 heteroatoms. The van der Waals surface area contributed by atoms with Crippen molar-refractivity contribution in [2.75, 3.05) is 18.1 Å². The monoisotopic (exact) mass is 566 g/mol. The Morgan fingerprint density at radius 3 is 2.61 bits per heavy atom. The maximum absolute atomic E-state index is 13.7. The molecule has 41 heavy (non-hydrogen) atoms. The number of allylic oxidation sites excluding steroid dienone is 1. The highest BCUT2D eigenvalue weighted by Gasteiger charge is 2.45. The molecule has 1 atom stereocenters. The summed E-state index contributed by atoms with van der Waals surface area (Å²) in [5, 5.41) is 11.5. The lowest BCUT2D eigenvalue weighted by atomic mass is 9.95. The molecule has 1 amide bonds. The zero-order valence-corrected chi connectivity index (χ0v) is 23.9. The first-order valence-electron chi connectivity index (χ1n) is 13.2. The van der Waals surface area contributed by atoms with Crippen molar-refractivity contribution in [3.63, 3.8) is 0 Å². The van der Waals surface area contributed by atoms with Crippen LogP contribution < -0.4 is 14.4 Å². The zero-order chi connectivity index (χ0) is 29.1. The van der Waals surface area contributed by atoms with Crippen LogP contribution in [0, 0.1) is 13.8 Å². The van der Waals surface area contributed by atoms with Crippen LogP contribution in [-0.4, -0.2) is 35.0 Å². The molecule has 0 bridgehead atoms. The van der Waals surface area contributed by atoms with Gasteiger partial charge in [0.1, 0.15) is 6.61 Å². The number of aliphatic hydroxyl groups is 1. The minimum absolute atomic E-state index is 0.0310. The Morgan fingerprint density at radius 1 is 1.10 bits per heavy atom. The summed E-state index contributed by atoms with van der Waals surface area (Å²) in [4.78, 5) is 33.5. The molecule has 1 N–H and O–H groups in total. The number of thiazole rings is 1. The maximum atomic E-state index is 13.7. The van der Waals surface area contributed by atoms with Gasteiger partial charge in [0.25, 0.3) is 5.91 Å². The number of hydrogen-bond acceptors (Lipinski definition) is 7. The third-order valence-electron chi connectivity index (χ3n) is 6.66. The summed E-state index contributed by atoms with van der Waals surface area (Å²) in [6.45, 7) is 10.2. The number of carbonyl (C=O) groups excluding carboxylic acids is 2. The van der Waals surface area contributed by atoms with Crippen LogP contribution in [0.15, 0.2) is 90.7 Å². The van der Waals surface area contributed by atoms with E-state index >= 15 is 0 Å². The summed E-state index contributed by atoms with van der Waals surface area (Å²) in [5.41, 5.74) is 4.18. The number of hydrogen-bond donors (Lipinski definition) is 1. The minimum atomic E-state index is -0.940. The average molecular weight is 567 g/mol. The minimum Gasteiger partial charge on any atom is -0.503 e. The van der Waals surface area contributed by atoms with Crippen molar-refractivity contribution in [1.29, 1.82) is 0 Å². The standard InChI is InChI=1S/C33H30N2O5S/c1-5-16-40-25-15-13-23(19-26(25)39-6-2)30-28(24(36)14-12-22-10-8-7-9-11-22)31(37)32(38)35(30)33-34-29-21(4)17-20(3)18-27(29)41-33/h5,7-15,17-19,30,37H,1,6,16H2,2-4H3. The number of carbonyl (C=O) groups is 2. The number of benzene rings is 3. The van der Waals surface area contributed by atoms with Gasteiger partial charge in [-0.3, -0.25) is 14.5 Å². The Morgan fingerprint density at radius 2 is 1.88 bits per heavy atom. The molecule has 0 fully saturated rings. The van der Waals surface area contributed by atoms with Crippen LogP contribution in [-0.2, 0) is 9.59 Å². The van der Waals surface area contributed by atoms with Gasteiger partial charge in [-0.05, 0) is 67.3 Å². The first-order valence-corrected chi connectivity index (χ1v) is 14.1. The topological polar surface area (TPSA) is 89.0 Å². The maximum Gasteiger partial charge on any atom is 0.296 e. The summed E-state index contributed by atoms with van der Waals surface area (Å²) in [6.07, 6.45) is 4.67. The molecule has 1 unspecified atom stereocenters. The molecular weight excluding hydrogens is 536 g/mol. The van der Waals surface area contributed by atoms with Crippen LogP contribution in [0.2, 0.25) is 0 Å². The first kappa shape index (κ1) is 27.9. The predicted octanol–water partition coefficient (Wildman–Crippen LogP) is 7.06. The van der Waals surface area contributed by atoms with Gasteiger partial charge in [-0.2, -0.15) is 0 Å². The van der Waals surface area contributed by atoms with Gasteiger partial charge in [-0.15, -0.1) is 0 Å². The highest BCUT2D eigenvalue weighted by Crippen LogP contribution is 2.45. The summed E-state index contributed by atoms with van der Waals surface area (Å²) >= 11 is 1.34. The van der Waals surface area contributed by atoms with E-state index in [0.29, 0.717) is 28.8 Å². The molecule has 5 rings (SSSR count). The molecule has 0 spiro atoms. The van der Waals surface area contributed by atoms with E-state index in [4.69, 9.17) is 14.5 Å². The lowest BCUT2D eigenvalue weighted by molar-refractivity contribution is -0.117. The Balaban J connectivity index is 1.64. The summed E-state index contributed by atoms with van der Waals surface area (Å²) in [6, 6.07) is 17.7. The average Bonchev–Trinajstić information content (AvgIpc) is 3.50. The second kappa shape index (κ2) is 11.8. The molecule has 4 aromatic rings. The molecule has 0 radical (unpaired) electrons. The SMILES string of the molecule is C=CCOc1ccc(C2C(C(=O)C=Cc3ccccc3)=C(O)C(=O)N2c2nc3c(C)cc(C)cc3s2)cc1OCC. The smallest absolute Gasteiger partial charge is 0.296 e. The van der Waals surface area contributed by atoms with Crippen LogP contribution in [0.4, 0.5) is 5.13 Å². The van der Waals surface area contributed by atoms with Gasteiger partial charge in [0.05, 0.1) is 28.4 Å². The first-order chi connectivity index (χ1) is 19.8. The number of aliphatic hydroxyl groups excluding tert-OH is 1. The third kappa shape index (κ3) is 5.51. The number of amides is 1. The van der Waals surface area contributed by atoms with Crippen LogP contribution in [0.1, 0.15) is 35.2 Å². The number of nitrogens with zero attached hydrogens (tertiary/aromatic N) is 2. The number of anilines is 1. The van der Waals surface area contributed by atoms with Gasteiger partial charge in [-0.1, -0.05) is 72.5 Å². The Labute approximate surface area is 242 Å². The Hall–Kier alpha value is -4.69. The molecule has 3 aromatic carbocycles. The summed E-state index contributed by atoms with van der Waals surface area (Å²) in [7, 11) is 0. The van der Waals surface area contributed by atoms with E-state index in [0.717, 1.165) is 26.9 Å². The zero-order valence-electron chi connectivity index (χ0n) is 23.1. The lowest BCUT2D eigenvalue weighted by Gasteiger charge is -2.25. The highest BCUT2D eigenvalue weighted by atomic mass is 32.1. The fourth-order valence-electron chi connectivity index (χ4n) is 4.89. The van der Waals surface area contributed by atoms with Crippen molar-refractivity contribution in [3.8, 4) is 11.5 Å². The number of ether oxygens (including phenoxy) is 2. The van der Waals surface area contributed by atoms with Crippen molar-refractivity contribution < 1.29 is 24.2 Å². The Bertz CT molecular complexity index is 1700.